The SMILES string of the molecule is CC.COC(=O)C(Cc1ccc(N2C(=O)c3ccc(N=O)cc3C2=O)cc1)NC(=O)c1c(C)cccc1Cl. The van der Waals surface area contributed by atoms with Crippen LogP contribution in [0.2, 0.25) is 5.02 Å². The van der Waals surface area contributed by atoms with Gasteiger partial charge in [-0.15, -0.1) is 4.91 Å². The van der Waals surface area contributed by atoms with E-state index in [2.05, 4.69) is 10.5 Å². The number of esters is 1. The number of nitroso groups, excluding NO2 is 1. The van der Waals surface area contributed by atoms with Crippen LogP contribution in [0, 0.1) is 11.8 Å². The van der Waals surface area contributed by atoms with Crippen molar-refractivity contribution < 1.29 is 23.9 Å². The maximum Gasteiger partial charge on any atom is 0.328 e. The number of hydrogen-bond acceptors (Lipinski definition) is 7. The molecule has 4 rings (SSSR count). The average Bonchev–Trinajstić information content (AvgIpc) is 3.18. The van der Waals surface area contributed by atoms with Crippen molar-refractivity contribution in [2.24, 2.45) is 5.18 Å². The van der Waals surface area contributed by atoms with Crippen LogP contribution in [0.1, 0.15) is 56.0 Å². The third-order valence-electron chi connectivity index (χ3n) is 5.85. The molecule has 1 heterocycles. The van der Waals surface area contributed by atoms with Gasteiger partial charge in [0.1, 0.15) is 11.7 Å². The van der Waals surface area contributed by atoms with Gasteiger partial charge in [-0.05, 0) is 59.6 Å². The van der Waals surface area contributed by atoms with Crippen LogP contribution in [0.4, 0.5) is 11.4 Å². The fourth-order valence-electron chi connectivity index (χ4n) is 4.02. The van der Waals surface area contributed by atoms with Crippen LogP contribution < -0.4 is 10.2 Å². The third kappa shape index (κ3) is 5.63. The summed E-state index contributed by atoms with van der Waals surface area (Å²) in [5.74, 6) is -2.24. The van der Waals surface area contributed by atoms with Gasteiger partial charge in [0.25, 0.3) is 17.7 Å². The quantitative estimate of drug-likeness (QED) is 0.246. The minimum absolute atomic E-state index is 0.0509. The largest absolute Gasteiger partial charge is 0.467 e. The number of carbonyl (C=O) groups excluding carboxylic acids is 4. The number of nitrogens with zero attached hydrogens (tertiary/aromatic N) is 2. The van der Waals surface area contributed by atoms with Gasteiger partial charge in [-0.2, -0.15) is 0 Å². The predicted molar refractivity (Wildman–Crippen MR) is 144 cm³/mol. The smallest absolute Gasteiger partial charge is 0.328 e. The van der Waals surface area contributed by atoms with E-state index in [0.29, 0.717) is 16.8 Å². The van der Waals surface area contributed by atoms with E-state index in [-0.39, 0.29) is 33.8 Å². The van der Waals surface area contributed by atoms with Gasteiger partial charge in [-0.25, -0.2) is 9.69 Å². The van der Waals surface area contributed by atoms with Crippen LogP contribution in [0.3, 0.4) is 0 Å². The molecule has 0 radical (unpaired) electrons. The topological polar surface area (TPSA) is 122 Å². The van der Waals surface area contributed by atoms with Crippen molar-refractivity contribution in [3.63, 3.8) is 0 Å². The maximum atomic E-state index is 12.9. The van der Waals surface area contributed by atoms with Crippen molar-refractivity contribution in [3.8, 4) is 0 Å². The molecule has 0 saturated heterocycles. The molecule has 9 nitrogen and oxygen atoms in total. The second-order valence-electron chi connectivity index (χ2n) is 8.12. The standard InChI is InChI=1S/C26H20ClN3O6.C2H6/c1-14-4-3-5-20(27)22(14)23(31)28-21(26(34)36-2)12-15-6-9-17(10-7-15)30-24(32)18-11-8-16(29-35)13-19(18)25(30)33;1-2/h3-11,13,21H,12H2,1-2H3,(H,28,31);1-2H3. The number of fused-ring (bicyclic) bond motifs is 1. The second-order valence-corrected chi connectivity index (χ2v) is 8.53. The number of hydrogen-bond donors (Lipinski definition) is 1. The van der Waals surface area contributed by atoms with Crippen molar-refractivity contribution in [1.82, 2.24) is 5.32 Å². The molecule has 1 unspecified atom stereocenters. The number of anilines is 1. The van der Waals surface area contributed by atoms with Crippen LogP contribution >= 0.6 is 11.6 Å². The Kier molecular flexibility index (Phi) is 9.09. The van der Waals surface area contributed by atoms with Crippen LogP contribution in [-0.4, -0.2) is 36.8 Å². The highest BCUT2D eigenvalue weighted by atomic mass is 35.5. The third-order valence-corrected chi connectivity index (χ3v) is 6.16. The molecule has 0 fully saturated rings. The molecule has 3 aromatic carbocycles. The van der Waals surface area contributed by atoms with Crippen LogP contribution in [0.25, 0.3) is 0 Å². The second kappa shape index (κ2) is 12.2. The lowest BCUT2D eigenvalue weighted by Crippen LogP contribution is -2.43. The Balaban J connectivity index is 0.00000195. The first-order chi connectivity index (χ1) is 18.2. The molecule has 38 heavy (non-hydrogen) atoms. The number of nitrogens with one attached hydrogen (secondary N) is 1. The van der Waals surface area contributed by atoms with Crippen LogP contribution in [0.5, 0.6) is 0 Å². The summed E-state index contributed by atoms with van der Waals surface area (Å²) >= 11 is 6.18. The van der Waals surface area contributed by atoms with E-state index in [4.69, 9.17) is 16.3 Å². The van der Waals surface area contributed by atoms with Gasteiger partial charge in [-0.3, -0.25) is 14.4 Å². The molecule has 1 aliphatic heterocycles. The number of rotatable bonds is 7. The molecule has 1 aliphatic rings. The van der Waals surface area contributed by atoms with E-state index >= 15 is 0 Å². The number of halogens is 1. The van der Waals surface area contributed by atoms with Crippen LogP contribution in [0.15, 0.2) is 65.8 Å². The molecule has 10 heteroatoms. The number of imide groups is 1. The average molecular weight is 536 g/mol. The van der Waals surface area contributed by atoms with E-state index in [1.807, 2.05) is 13.8 Å². The zero-order valence-corrected chi connectivity index (χ0v) is 22.0. The minimum atomic E-state index is -1.00. The highest BCUT2D eigenvalue weighted by Crippen LogP contribution is 2.31. The molecule has 0 aromatic heterocycles. The Bertz CT molecular complexity index is 1380. The summed E-state index contributed by atoms with van der Waals surface area (Å²) in [6.07, 6.45) is 0.0959. The first-order valence-corrected chi connectivity index (χ1v) is 12.2. The molecule has 0 bridgehead atoms. The summed E-state index contributed by atoms with van der Waals surface area (Å²) in [4.78, 5) is 62.7. The predicted octanol–water partition coefficient (Wildman–Crippen LogP) is 5.39. The number of carbonyl (C=O) groups is 4. The van der Waals surface area contributed by atoms with Gasteiger partial charge in [0.15, 0.2) is 0 Å². The number of methoxy groups -OCH3 is 1. The fraction of sp³-hybridized carbons (Fsp3) is 0.214. The minimum Gasteiger partial charge on any atom is -0.467 e. The van der Waals surface area contributed by atoms with Crippen molar-refractivity contribution in [2.75, 3.05) is 12.0 Å². The lowest BCUT2D eigenvalue weighted by atomic mass is 10.0. The lowest BCUT2D eigenvalue weighted by Gasteiger charge is -2.19. The van der Waals surface area contributed by atoms with Crippen LogP contribution in [-0.2, 0) is 16.0 Å². The molecule has 196 valence electrons. The van der Waals surface area contributed by atoms with Crippen molar-refractivity contribution in [1.29, 1.82) is 0 Å². The van der Waals surface area contributed by atoms with Gasteiger partial charge < -0.3 is 10.1 Å². The first-order valence-electron chi connectivity index (χ1n) is 11.8. The monoisotopic (exact) mass is 535 g/mol. The maximum absolute atomic E-state index is 12.9. The van der Waals surface area contributed by atoms with E-state index in [1.54, 1.807) is 49.4 Å². The van der Waals surface area contributed by atoms with Crippen molar-refractivity contribution in [3.05, 3.63) is 98.4 Å². The van der Waals surface area contributed by atoms with Gasteiger partial charge in [0, 0.05) is 6.42 Å². The summed E-state index contributed by atoms with van der Waals surface area (Å²) in [6.45, 7) is 5.74. The molecule has 1 N–H and O–H groups in total. The number of ether oxygens (including phenoxy) is 1. The molecule has 0 aliphatic carbocycles. The van der Waals surface area contributed by atoms with E-state index < -0.39 is 29.7 Å². The molecule has 0 saturated carbocycles. The summed E-state index contributed by atoms with van der Waals surface area (Å²) in [6, 6.07) is 14.5. The van der Waals surface area contributed by atoms with Gasteiger partial charge in [-0.1, -0.05) is 49.7 Å². The zero-order chi connectivity index (χ0) is 28.0. The Morgan fingerprint density at radius 2 is 1.66 bits per heavy atom. The summed E-state index contributed by atoms with van der Waals surface area (Å²) in [7, 11) is 1.22. The Labute approximate surface area is 224 Å². The van der Waals surface area contributed by atoms with Gasteiger partial charge >= 0.3 is 5.97 Å². The lowest BCUT2D eigenvalue weighted by molar-refractivity contribution is -0.142. The Morgan fingerprint density at radius 3 is 2.26 bits per heavy atom. The highest BCUT2D eigenvalue weighted by Gasteiger charge is 2.37. The normalized spacial score (nSPS) is 12.7. The van der Waals surface area contributed by atoms with Crippen molar-refractivity contribution in [2.45, 2.75) is 33.2 Å². The summed E-state index contributed by atoms with van der Waals surface area (Å²) < 4.78 is 4.86. The highest BCUT2D eigenvalue weighted by molar-refractivity contribution is 6.35. The van der Waals surface area contributed by atoms with E-state index in [9.17, 15) is 24.1 Å². The number of aryl methyl sites for hydroxylation is 1. The Morgan fingerprint density at radius 1 is 1.00 bits per heavy atom. The van der Waals surface area contributed by atoms with Gasteiger partial charge in [0.2, 0.25) is 0 Å². The molecule has 3 amide bonds. The summed E-state index contributed by atoms with van der Waals surface area (Å²) in [5.41, 5.74) is 2.22. The zero-order valence-electron chi connectivity index (χ0n) is 21.3. The molecule has 3 aromatic rings. The first kappa shape index (κ1) is 28.2. The van der Waals surface area contributed by atoms with Crippen molar-refractivity contribution >= 4 is 46.7 Å². The summed E-state index contributed by atoms with van der Waals surface area (Å²) in [5, 5.41) is 5.74. The fourth-order valence-corrected chi connectivity index (χ4v) is 4.33. The van der Waals surface area contributed by atoms with E-state index in [0.717, 1.165) is 4.90 Å². The molecule has 0 spiro atoms. The molecule has 1 atom stereocenters. The number of benzene rings is 3. The Hall–Kier alpha value is -4.37. The molecular weight excluding hydrogens is 510 g/mol. The van der Waals surface area contributed by atoms with E-state index in [1.165, 1.54) is 25.3 Å². The van der Waals surface area contributed by atoms with Gasteiger partial charge in [0.05, 0.1) is 34.5 Å². The number of amides is 3. The molecular formula is C28H26ClN3O6.